The summed E-state index contributed by atoms with van der Waals surface area (Å²) in [6.45, 7) is 12.0. The summed E-state index contributed by atoms with van der Waals surface area (Å²) >= 11 is 0. The Hall–Kier alpha value is -1.87. The molecule has 2 aliphatic rings. The van der Waals surface area contributed by atoms with Gasteiger partial charge in [-0.3, -0.25) is 0 Å². The molecule has 1 spiro atoms. The molecule has 0 aromatic heterocycles. The predicted octanol–water partition coefficient (Wildman–Crippen LogP) is 5.78. The molecule has 0 amide bonds. The number of benzene rings is 1. The first kappa shape index (κ1) is 24.8. The first-order chi connectivity index (χ1) is 14.9. The maximum atomic E-state index is 13.3. The van der Waals surface area contributed by atoms with E-state index < -0.39 is 18.8 Å². The van der Waals surface area contributed by atoms with Gasteiger partial charge in [0.25, 0.3) is 0 Å². The SMILES string of the molecule is COC(=O)C1=C(C(=O)OC)P2(c3c(C(C)C)cc(C(C)C)cc3C(C)C)(CC[C@H](C)C2)O1. The van der Waals surface area contributed by atoms with E-state index in [4.69, 9.17) is 14.0 Å². The molecule has 1 atom stereocenters. The molecule has 0 unspecified atom stereocenters. The van der Waals surface area contributed by atoms with Crippen LogP contribution in [0.15, 0.2) is 23.2 Å². The first-order valence-electron chi connectivity index (χ1n) is 11.7. The van der Waals surface area contributed by atoms with Crippen LogP contribution in [-0.2, 0) is 23.6 Å². The molecule has 2 heterocycles. The van der Waals surface area contributed by atoms with E-state index in [1.54, 1.807) is 0 Å². The van der Waals surface area contributed by atoms with E-state index in [2.05, 4.69) is 60.6 Å². The molecule has 178 valence electrons. The molecule has 0 radical (unpaired) electrons. The van der Waals surface area contributed by atoms with E-state index in [-0.39, 0.29) is 17.6 Å². The average molecular weight is 463 g/mol. The van der Waals surface area contributed by atoms with Gasteiger partial charge in [-0.25, -0.2) is 0 Å². The molecular formula is C26H39O5P. The van der Waals surface area contributed by atoms with Gasteiger partial charge in [0.15, 0.2) is 0 Å². The minimum atomic E-state index is -3.41. The Labute approximate surface area is 192 Å². The normalized spacial score (nSPS) is 22.5. The molecule has 32 heavy (non-hydrogen) atoms. The van der Waals surface area contributed by atoms with Crippen molar-refractivity contribution in [3.8, 4) is 0 Å². The van der Waals surface area contributed by atoms with Crippen molar-refractivity contribution in [1.82, 2.24) is 0 Å². The van der Waals surface area contributed by atoms with Crippen LogP contribution in [-0.4, -0.2) is 38.5 Å². The van der Waals surface area contributed by atoms with Crippen molar-refractivity contribution in [1.29, 1.82) is 0 Å². The van der Waals surface area contributed by atoms with Crippen molar-refractivity contribution in [3.05, 3.63) is 39.9 Å². The zero-order chi connectivity index (χ0) is 24.0. The Kier molecular flexibility index (Phi) is 6.56. The Morgan fingerprint density at radius 3 is 1.84 bits per heavy atom. The first-order valence-corrected chi connectivity index (χ1v) is 14.3. The summed E-state index contributed by atoms with van der Waals surface area (Å²) in [7, 11) is 2.70. The topological polar surface area (TPSA) is 61.8 Å². The number of rotatable bonds is 6. The van der Waals surface area contributed by atoms with Gasteiger partial charge in [-0.1, -0.05) is 0 Å². The fraction of sp³-hybridized carbons (Fsp3) is 0.615. The quantitative estimate of drug-likeness (QED) is 0.396. The number of hydrogen-bond acceptors (Lipinski definition) is 5. The number of carbonyl (C=O) groups excluding carboxylic acids is 2. The summed E-state index contributed by atoms with van der Waals surface area (Å²) in [6.07, 6.45) is 2.48. The predicted molar refractivity (Wildman–Crippen MR) is 131 cm³/mol. The van der Waals surface area contributed by atoms with Crippen molar-refractivity contribution in [2.24, 2.45) is 5.92 Å². The molecule has 0 N–H and O–H groups in total. The fourth-order valence-corrected chi connectivity index (χ4v) is 13.1. The van der Waals surface area contributed by atoms with Crippen LogP contribution in [0.3, 0.4) is 0 Å². The van der Waals surface area contributed by atoms with Crippen molar-refractivity contribution in [2.45, 2.75) is 72.6 Å². The minimum absolute atomic E-state index is 0.0449. The van der Waals surface area contributed by atoms with E-state index in [9.17, 15) is 9.59 Å². The second-order valence-electron chi connectivity index (χ2n) is 10.5. The van der Waals surface area contributed by atoms with E-state index >= 15 is 0 Å². The standard InChI is InChI=1S/C26H39O5P/c1-15(2)19-12-20(16(3)4)23(21(13-19)17(5)6)32(11-10-18(7)14-32)24(26(28)30-9)22(31-32)25(27)29-8/h12-13,15-18H,10-11,14H2,1-9H3/t18-/m0/s1. The molecule has 5 nitrogen and oxygen atoms in total. The Morgan fingerprint density at radius 2 is 1.47 bits per heavy atom. The van der Waals surface area contributed by atoms with E-state index in [0.29, 0.717) is 17.2 Å². The van der Waals surface area contributed by atoms with Crippen molar-refractivity contribution in [2.75, 3.05) is 26.5 Å². The summed E-state index contributed by atoms with van der Waals surface area (Å²) in [5.41, 5.74) is 3.76. The molecule has 0 saturated carbocycles. The number of esters is 2. The van der Waals surface area contributed by atoms with Crippen LogP contribution < -0.4 is 5.30 Å². The molecule has 3 rings (SSSR count). The number of carbonyl (C=O) groups is 2. The molecular weight excluding hydrogens is 423 g/mol. The molecule has 0 aliphatic carbocycles. The van der Waals surface area contributed by atoms with Crippen molar-refractivity contribution < 1.29 is 23.6 Å². The maximum absolute atomic E-state index is 13.3. The van der Waals surface area contributed by atoms with Gasteiger partial charge >= 0.3 is 193 Å². The van der Waals surface area contributed by atoms with Gasteiger partial charge < -0.3 is 0 Å². The zero-order valence-corrected chi connectivity index (χ0v) is 22.0. The van der Waals surface area contributed by atoms with Gasteiger partial charge in [0, 0.05) is 0 Å². The van der Waals surface area contributed by atoms with Gasteiger partial charge in [-0.05, 0) is 0 Å². The van der Waals surface area contributed by atoms with E-state index in [1.165, 1.54) is 36.2 Å². The van der Waals surface area contributed by atoms with Crippen LogP contribution in [0.2, 0.25) is 0 Å². The summed E-state index contributed by atoms with van der Waals surface area (Å²) in [4.78, 5) is 25.9. The summed E-state index contributed by atoms with van der Waals surface area (Å²) < 4.78 is 17.0. The van der Waals surface area contributed by atoms with Gasteiger partial charge in [0.1, 0.15) is 0 Å². The van der Waals surface area contributed by atoms with Crippen LogP contribution in [0.5, 0.6) is 0 Å². The van der Waals surface area contributed by atoms with Crippen molar-refractivity contribution in [3.63, 3.8) is 0 Å². The van der Waals surface area contributed by atoms with Crippen molar-refractivity contribution >= 4 is 24.1 Å². The third-order valence-corrected chi connectivity index (χ3v) is 13.4. The molecule has 0 bridgehead atoms. The van der Waals surface area contributed by atoms with E-state index in [0.717, 1.165) is 18.7 Å². The fourth-order valence-electron chi connectivity index (χ4n) is 5.63. The van der Waals surface area contributed by atoms with Crippen LogP contribution >= 0.6 is 6.83 Å². The molecule has 1 aromatic rings. The molecule has 6 heteroatoms. The second kappa shape index (κ2) is 8.48. The summed E-state index contributed by atoms with van der Waals surface area (Å²) in [5, 5.41) is 1.64. The van der Waals surface area contributed by atoms with Gasteiger partial charge in [0.2, 0.25) is 0 Å². The van der Waals surface area contributed by atoms with Crippen LogP contribution in [0, 0.1) is 5.92 Å². The molecule has 1 saturated heterocycles. The summed E-state index contributed by atoms with van der Waals surface area (Å²) in [6, 6.07) is 4.60. The summed E-state index contributed by atoms with van der Waals surface area (Å²) in [5.74, 6) is 0.257. The third-order valence-electron chi connectivity index (χ3n) is 7.21. The Bertz CT molecular complexity index is 947. The Morgan fingerprint density at radius 1 is 0.938 bits per heavy atom. The van der Waals surface area contributed by atoms with Gasteiger partial charge in [0.05, 0.1) is 0 Å². The number of ether oxygens (including phenoxy) is 2. The number of hydrogen-bond donors (Lipinski definition) is 0. The van der Waals surface area contributed by atoms with Crippen LogP contribution in [0.1, 0.15) is 89.3 Å². The molecule has 2 aliphatic heterocycles. The van der Waals surface area contributed by atoms with Crippen LogP contribution in [0.25, 0.3) is 0 Å². The third kappa shape index (κ3) is 3.48. The average Bonchev–Trinajstić information content (AvgIpc) is 3.10. The monoisotopic (exact) mass is 462 g/mol. The number of methoxy groups -OCH3 is 2. The van der Waals surface area contributed by atoms with Crippen LogP contribution in [0.4, 0.5) is 0 Å². The zero-order valence-electron chi connectivity index (χ0n) is 21.1. The second-order valence-corrected chi connectivity index (χ2v) is 15.2. The molecule has 1 fully saturated rings. The van der Waals surface area contributed by atoms with E-state index in [1.807, 2.05) is 0 Å². The Balaban J connectivity index is 2.49. The van der Waals surface area contributed by atoms with Gasteiger partial charge in [-0.2, -0.15) is 0 Å². The molecule has 1 aromatic carbocycles. The van der Waals surface area contributed by atoms with Gasteiger partial charge in [-0.15, -0.1) is 0 Å².